The van der Waals surface area contributed by atoms with Crippen LogP contribution in [-0.2, 0) is 19.5 Å². The number of hydrogen-bond donors (Lipinski definition) is 1. The Morgan fingerprint density at radius 1 is 1.19 bits per heavy atom. The standard InChI is InChI=1S/C18H14F3N3O2/c19-12-4-3-10(15(20)16(12)21)8-24-6-5-11-13(9-24)22-17(23-18(11)25)14-2-1-7-26-14/h1-4,7H,5-6,8-9H2,(H,22,23,25). The van der Waals surface area contributed by atoms with Gasteiger partial charge in [0, 0.05) is 30.8 Å². The first-order valence-corrected chi connectivity index (χ1v) is 8.03. The molecule has 0 fully saturated rings. The lowest BCUT2D eigenvalue weighted by Crippen LogP contribution is -2.35. The Hall–Kier alpha value is -2.87. The molecule has 1 aliphatic rings. The van der Waals surface area contributed by atoms with Gasteiger partial charge in [0.2, 0.25) is 0 Å². The van der Waals surface area contributed by atoms with Crippen LogP contribution in [-0.4, -0.2) is 21.4 Å². The Labute approximate surface area is 146 Å². The minimum absolute atomic E-state index is 0.0587. The van der Waals surface area contributed by atoms with Gasteiger partial charge in [-0.2, -0.15) is 0 Å². The number of nitrogens with zero attached hydrogens (tertiary/aromatic N) is 2. The Bertz CT molecular complexity index is 1020. The number of halogens is 3. The minimum Gasteiger partial charge on any atom is -0.461 e. The normalized spacial score (nSPS) is 14.4. The highest BCUT2D eigenvalue weighted by Crippen LogP contribution is 2.22. The van der Waals surface area contributed by atoms with Gasteiger partial charge in [-0.05, 0) is 24.6 Å². The Kier molecular flexibility index (Phi) is 4.12. The van der Waals surface area contributed by atoms with Crippen molar-refractivity contribution in [2.45, 2.75) is 19.5 Å². The van der Waals surface area contributed by atoms with Crippen molar-refractivity contribution in [2.75, 3.05) is 6.54 Å². The lowest BCUT2D eigenvalue weighted by molar-refractivity contribution is 0.236. The first kappa shape index (κ1) is 16.6. The van der Waals surface area contributed by atoms with Crippen LogP contribution in [0.3, 0.4) is 0 Å². The fourth-order valence-corrected chi connectivity index (χ4v) is 3.09. The van der Waals surface area contributed by atoms with Gasteiger partial charge < -0.3 is 9.40 Å². The Morgan fingerprint density at radius 2 is 2.04 bits per heavy atom. The largest absolute Gasteiger partial charge is 0.461 e. The van der Waals surface area contributed by atoms with Crippen molar-refractivity contribution in [3.8, 4) is 11.6 Å². The SMILES string of the molecule is O=c1[nH]c(-c2ccco2)nc2c1CCN(Cc1ccc(F)c(F)c1F)C2. The van der Waals surface area contributed by atoms with E-state index in [4.69, 9.17) is 4.42 Å². The van der Waals surface area contributed by atoms with Gasteiger partial charge in [-0.25, -0.2) is 18.2 Å². The van der Waals surface area contributed by atoms with Crippen LogP contribution in [0, 0.1) is 17.5 Å². The summed E-state index contributed by atoms with van der Waals surface area (Å²) in [6, 6.07) is 5.50. The van der Waals surface area contributed by atoms with E-state index in [1.54, 1.807) is 12.1 Å². The number of furan rings is 1. The van der Waals surface area contributed by atoms with E-state index in [1.807, 2.05) is 4.90 Å². The number of rotatable bonds is 3. The van der Waals surface area contributed by atoms with Crippen LogP contribution in [0.15, 0.2) is 39.7 Å². The molecule has 4 rings (SSSR count). The van der Waals surface area contributed by atoms with Crippen molar-refractivity contribution < 1.29 is 17.6 Å². The zero-order valence-corrected chi connectivity index (χ0v) is 13.6. The van der Waals surface area contributed by atoms with E-state index >= 15 is 0 Å². The molecule has 0 radical (unpaired) electrons. The van der Waals surface area contributed by atoms with Crippen LogP contribution in [0.1, 0.15) is 16.8 Å². The molecule has 0 saturated carbocycles. The van der Waals surface area contributed by atoms with E-state index in [0.717, 1.165) is 6.07 Å². The van der Waals surface area contributed by atoms with Crippen molar-refractivity contribution in [1.29, 1.82) is 0 Å². The summed E-state index contributed by atoms with van der Waals surface area (Å²) in [6.07, 6.45) is 1.91. The Morgan fingerprint density at radius 3 is 2.81 bits per heavy atom. The van der Waals surface area contributed by atoms with E-state index < -0.39 is 17.5 Å². The highest BCUT2D eigenvalue weighted by Gasteiger charge is 2.23. The van der Waals surface area contributed by atoms with Crippen LogP contribution in [0.4, 0.5) is 13.2 Å². The number of aromatic amines is 1. The number of fused-ring (bicyclic) bond motifs is 1. The topological polar surface area (TPSA) is 62.1 Å². The maximum atomic E-state index is 13.9. The summed E-state index contributed by atoms with van der Waals surface area (Å²) in [6.45, 7) is 0.870. The molecule has 2 aromatic heterocycles. The van der Waals surface area contributed by atoms with Crippen molar-refractivity contribution in [3.63, 3.8) is 0 Å². The highest BCUT2D eigenvalue weighted by atomic mass is 19.2. The van der Waals surface area contributed by atoms with Gasteiger partial charge in [0.1, 0.15) is 0 Å². The molecule has 0 aliphatic carbocycles. The van der Waals surface area contributed by atoms with E-state index in [9.17, 15) is 18.0 Å². The number of hydrogen-bond acceptors (Lipinski definition) is 4. The molecular weight excluding hydrogens is 347 g/mol. The molecule has 1 aliphatic heterocycles. The maximum Gasteiger partial charge on any atom is 0.254 e. The van der Waals surface area contributed by atoms with E-state index in [1.165, 1.54) is 12.3 Å². The highest BCUT2D eigenvalue weighted by molar-refractivity contribution is 5.47. The number of aromatic nitrogens is 2. The lowest BCUT2D eigenvalue weighted by Gasteiger charge is -2.27. The van der Waals surface area contributed by atoms with Gasteiger partial charge >= 0.3 is 0 Å². The second kappa shape index (κ2) is 6.45. The van der Waals surface area contributed by atoms with Gasteiger partial charge in [-0.3, -0.25) is 9.69 Å². The van der Waals surface area contributed by atoms with E-state index in [2.05, 4.69) is 9.97 Å². The van der Waals surface area contributed by atoms with E-state index in [-0.39, 0.29) is 17.7 Å². The van der Waals surface area contributed by atoms with Crippen LogP contribution in [0.25, 0.3) is 11.6 Å². The quantitative estimate of drug-likeness (QED) is 0.729. The summed E-state index contributed by atoms with van der Waals surface area (Å²) >= 11 is 0. The molecule has 5 nitrogen and oxygen atoms in total. The summed E-state index contributed by atoms with van der Waals surface area (Å²) in [5.41, 5.74) is 0.959. The molecule has 0 spiro atoms. The predicted molar refractivity (Wildman–Crippen MR) is 86.7 cm³/mol. The molecule has 1 N–H and O–H groups in total. The molecule has 0 bridgehead atoms. The second-order valence-electron chi connectivity index (χ2n) is 6.11. The van der Waals surface area contributed by atoms with E-state index in [0.29, 0.717) is 42.4 Å². The molecule has 8 heteroatoms. The lowest BCUT2D eigenvalue weighted by atomic mass is 10.1. The molecule has 26 heavy (non-hydrogen) atoms. The third kappa shape index (κ3) is 2.92. The first-order valence-electron chi connectivity index (χ1n) is 8.03. The molecule has 0 unspecified atom stereocenters. The summed E-state index contributed by atoms with van der Waals surface area (Å²) in [5, 5.41) is 0. The molecule has 134 valence electrons. The number of nitrogens with one attached hydrogen (secondary N) is 1. The molecule has 3 heterocycles. The van der Waals surface area contributed by atoms with Crippen LogP contribution >= 0.6 is 0 Å². The monoisotopic (exact) mass is 361 g/mol. The van der Waals surface area contributed by atoms with Gasteiger partial charge in [0.15, 0.2) is 29.0 Å². The van der Waals surface area contributed by atoms with Crippen LogP contribution < -0.4 is 5.56 Å². The maximum absolute atomic E-state index is 13.9. The molecule has 0 amide bonds. The number of benzene rings is 1. The summed E-state index contributed by atoms with van der Waals surface area (Å²) in [7, 11) is 0. The first-order chi connectivity index (χ1) is 12.5. The summed E-state index contributed by atoms with van der Waals surface area (Å²) in [5.74, 6) is -3.12. The number of H-pyrrole nitrogens is 1. The minimum atomic E-state index is -1.48. The fourth-order valence-electron chi connectivity index (χ4n) is 3.09. The molecular formula is C18H14F3N3O2. The fraction of sp³-hybridized carbons (Fsp3) is 0.222. The van der Waals surface area contributed by atoms with Gasteiger partial charge in [-0.1, -0.05) is 6.07 Å². The zero-order chi connectivity index (χ0) is 18.3. The third-order valence-corrected chi connectivity index (χ3v) is 4.42. The van der Waals surface area contributed by atoms with Gasteiger partial charge in [0.05, 0.1) is 12.0 Å². The van der Waals surface area contributed by atoms with Gasteiger partial charge in [0.25, 0.3) is 5.56 Å². The zero-order valence-electron chi connectivity index (χ0n) is 13.6. The molecule has 0 saturated heterocycles. The van der Waals surface area contributed by atoms with Crippen molar-refractivity contribution >= 4 is 0 Å². The van der Waals surface area contributed by atoms with Gasteiger partial charge in [-0.15, -0.1) is 0 Å². The van der Waals surface area contributed by atoms with Crippen LogP contribution in [0.5, 0.6) is 0 Å². The smallest absolute Gasteiger partial charge is 0.254 e. The average molecular weight is 361 g/mol. The predicted octanol–water partition coefficient (Wildman–Crippen LogP) is 3.01. The van der Waals surface area contributed by atoms with Crippen LogP contribution in [0.2, 0.25) is 0 Å². The summed E-state index contributed by atoms with van der Waals surface area (Å²) < 4.78 is 45.6. The second-order valence-corrected chi connectivity index (χ2v) is 6.11. The van der Waals surface area contributed by atoms with Crippen molar-refractivity contribution in [2.24, 2.45) is 0 Å². The Balaban J connectivity index is 1.61. The third-order valence-electron chi connectivity index (χ3n) is 4.42. The van der Waals surface area contributed by atoms with Crippen molar-refractivity contribution in [1.82, 2.24) is 14.9 Å². The van der Waals surface area contributed by atoms with Crippen molar-refractivity contribution in [3.05, 3.63) is 75.2 Å². The average Bonchev–Trinajstić information content (AvgIpc) is 3.17. The summed E-state index contributed by atoms with van der Waals surface area (Å²) in [4.78, 5) is 21.2. The molecule has 3 aromatic rings. The molecule has 1 aromatic carbocycles. The molecule has 0 atom stereocenters.